The van der Waals surface area contributed by atoms with Crippen molar-refractivity contribution >= 4 is 0 Å². The van der Waals surface area contributed by atoms with Gasteiger partial charge in [0.05, 0.1) is 6.10 Å². The van der Waals surface area contributed by atoms with Crippen molar-refractivity contribution in [2.75, 3.05) is 0 Å². The monoisotopic (exact) mass is 225 g/mol. The highest BCUT2D eigenvalue weighted by atomic mass is 16.3. The maximum absolute atomic E-state index is 9.86. The van der Waals surface area contributed by atoms with Crippen molar-refractivity contribution in [3.05, 3.63) is 12.2 Å². The third kappa shape index (κ3) is 4.31. The smallest absolute Gasteiger partial charge is 0.138 e. The molecular weight excluding hydrogens is 202 g/mol. The highest BCUT2D eigenvalue weighted by molar-refractivity contribution is 4.87. The second-order valence-electron chi connectivity index (χ2n) is 4.20. The van der Waals surface area contributed by atoms with E-state index in [0.717, 1.165) is 25.2 Å². The van der Waals surface area contributed by atoms with E-state index in [0.29, 0.717) is 6.42 Å². The van der Waals surface area contributed by atoms with Crippen LogP contribution in [0.3, 0.4) is 0 Å². The first-order valence-electron chi connectivity index (χ1n) is 6.32. The average Bonchev–Trinajstić information content (AvgIpc) is 2.71. The van der Waals surface area contributed by atoms with Gasteiger partial charge in [-0.3, -0.25) is 4.68 Å². The maximum Gasteiger partial charge on any atom is 0.138 e. The maximum atomic E-state index is 9.86. The molecule has 0 aliphatic heterocycles. The normalized spacial score (nSPS) is 12.9. The minimum absolute atomic E-state index is 0.272. The number of aromatic nitrogens is 3. The fraction of sp³-hybridized carbons (Fsp3) is 0.833. The van der Waals surface area contributed by atoms with Gasteiger partial charge >= 0.3 is 0 Å². The molecule has 0 bridgehead atoms. The fourth-order valence-corrected chi connectivity index (χ4v) is 1.83. The first-order chi connectivity index (χ1) is 7.77. The molecule has 0 aliphatic carbocycles. The van der Waals surface area contributed by atoms with Crippen molar-refractivity contribution in [3.63, 3.8) is 0 Å². The topological polar surface area (TPSA) is 50.9 Å². The van der Waals surface area contributed by atoms with Crippen LogP contribution in [0.25, 0.3) is 0 Å². The van der Waals surface area contributed by atoms with Crippen LogP contribution in [0.15, 0.2) is 6.33 Å². The number of unbranched alkanes of at least 4 members (excludes halogenated alkanes) is 3. The Morgan fingerprint density at radius 2 is 2.12 bits per heavy atom. The molecule has 1 heterocycles. The lowest BCUT2D eigenvalue weighted by Crippen LogP contribution is -2.15. The number of aliphatic hydroxyl groups is 1. The Labute approximate surface area is 97.7 Å². The summed E-state index contributed by atoms with van der Waals surface area (Å²) in [5.74, 6) is 0.894. The summed E-state index contributed by atoms with van der Waals surface area (Å²) >= 11 is 0. The summed E-state index contributed by atoms with van der Waals surface area (Å²) in [7, 11) is 0. The summed E-state index contributed by atoms with van der Waals surface area (Å²) in [6, 6.07) is 0. The average molecular weight is 225 g/mol. The van der Waals surface area contributed by atoms with E-state index >= 15 is 0 Å². The van der Waals surface area contributed by atoms with Gasteiger partial charge in [-0.25, -0.2) is 4.98 Å². The van der Waals surface area contributed by atoms with Gasteiger partial charge in [-0.1, -0.05) is 32.6 Å². The molecule has 0 saturated heterocycles. The molecule has 1 aromatic rings. The predicted molar refractivity (Wildman–Crippen MR) is 64.2 cm³/mol. The molecule has 0 amide bonds. The van der Waals surface area contributed by atoms with E-state index in [4.69, 9.17) is 0 Å². The molecule has 0 saturated carbocycles. The van der Waals surface area contributed by atoms with Crippen molar-refractivity contribution in [2.24, 2.45) is 0 Å². The lowest BCUT2D eigenvalue weighted by atomic mass is 10.1. The third-order valence-corrected chi connectivity index (χ3v) is 2.80. The number of aryl methyl sites for hydroxylation is 1. The summed E-state index contributed by atoms with van der Waals surface area (Å²) < 4.78 is 1.84. The summed E-state index contributed by atoms with van der Waals surface area (Å²) in [4.78, 5) is 4.16. The van der Waals surface area contributed by atoms with Crippen LogP contribution in [0, 0.1) is 0 Å². The molecule has 0 spiro atoms. The quantitative estimate of drug-likeness (QED) is 0.690. The zero-order chi connectivity index (χ0) is 11.8. The van der Waals surface area contributed by atoms with Crippen LogP contribution in [0.4, 0.5) is 0 Å². The van der Waals surface area contributed by atoms with Gasteiger partial charge in [0.25, 0.3) is 0 Å². The molecule has 1 unspecified atom stereocenters. The summed E-state index contributed by atoms with van der Waals surface area (Å²) in [5, 5.41) is 14.0. The minimum Gasteiger partial charge on any atom is -0.393 e. The molecule has 1 rings (SSSR count). The largest absolute Gasteiger partial charge is 0.393 e. The van der Waals surface area contributed by atoms with Crippen molar-refractivity contribution in [1.82, 2.24) is 14.8 Å². The van der Waals surface area contributed by atoms with E-state index in [1.165, 1.54) is 19.3 Å². The van der Waals surface area contributed by atoms with E-state index < -0.39 is 0 Å². The highest BCUT2D eigenvalue weighted by Crippen LogP contribution is 2.09. The van der Waals surface area contributed by atoms with Crippen LogP contribution in [0.2, 0.25) is 0 Å². The van der Waals surface area contributed by atoms with Crippen LogP contribution in [-0.4, -0.2) is 26.0 Å². The molecule has 4 nitrogen and oxygen atoms in total. The number of nitrogens with zero attached hydrogens (tertiary/aromatic N) is 3. The van der Waals surface area contributed by atoms with Crippen molar-refractivity contribution < 1.29 is 5.11 Å². The number of rotatable bonds is 8. The summed E-state index contributed by atoms with van der Waals surface area (Å²) in [6.45, 7) is 5.05. The SMILES string of the molecule is CCCCCCC(O)Cc1ncnn1CC. The first-order valence-corrected chi connectivity index (χ1v) is 6.32. The van der Waals surface area contributed by atoms with Gasteiger partial charge in [0.15, 0.2) is 0 Å². The first kappa shape index (κ1) is 13.2. The van der Waals surface area contributed by atoms with E-state index in [2.05, 4.69) is 17.0 Å². The Hall–Kier alpha value is -0.900. The van der Waals surface area contributed by atoms with Crippen LogP contribution >= 0.6 is 0 Å². The van der Waals surface area contributed by atoms with E-state index in [1.807, 2.05) is 11.6 Å². The van der Waals surface area contributed by atoms with Gasteiger partial charge in [-0.2, -0.15) is 5.10 Å². The van der Waals surface area contributed by atoms with Crippen LogP contribution in [0.5, 0.6) is 0 Å². The molecule has 0 aliphatic rings. The standard InChI is InChI=1S/C12H23N3O/c1-3-5-6-7-8-11(16)9-12-13-10-14-15(12)4-2/h10-11,16H,3-9H2,1-2H3. The minimum atomic E-state index is -0.272. The van der Waals surface area contributed by atoms with Crippen molar-refractivity contribution in [2.45, 2.75) is 65.0 Å². The van der Waals surface area contributed by atoms with Crippen LogP contribution in [0.1, 0.15) is 51.8 Å². The number of hydrogen-bond acceptors (Lipinski definition) is 3. The lowest BCUT2D eigenvalue weighted by Gasteiger charge is -2.10. The Morgan fingerprint density at radius 3 is 2.81 bits per heavy atom. The Kier molecular flexibility index (Phi) is 6.08. The second-order valence-corrected chi connectivity index (χ2v) is 4.20. The Morgan fingerprint density at radius 1 is 1.31 bits per heavy atom. The molecule has 0 radical (unpaired) electrons. The molecule has 0 fully saturated rings. The van der Waals surface area contributed by atoms with E-state index in [-0.39, 0.29) is 6.10 Å². The Balaban J connectivity index is 2.25. The predicted octanol–water partition coefficient (Wildman–Crippen LogP) is 2.17. The van der Waals surface area contributed by atoms with E-state index in [1.54, 1.807) is 6.33 Å². The molecule has 4 heteroatoms. The molecule has 16 heavy (non-hydrogen) atoms. The summed E-state index contributed by atoms with van der Waals surface area (Å²) in [6.07, 6.45) is 7.60. The van der Waals surface area contributed by atoms with E-state index in [9.17, 15) is 5.11 Å². The van der Waals surface area contributed by atoms with Crippen LogP contribution < -0.4 is 0 Å². The number of aliphatic hydroxyl groups excluding tert-OH is 1. The molecule has 1 atom stereocenters. The summed E-state index contributed by atoms with van der Waals surface area (Å²) in [5.41, 5.74) is 0. The van der Waals surface area contributed by atoms with Gasteiger partial charge in [-0.05, 0) is 13.3 Å². The van der Waals surface area contributed by atoms with Gasteiger partial charge in [0.1, 0.15) is 12.2 Å². The molecular formula is C12H23N3O. The number of hydrogen-bond donors (Lipinski definition) is 1. The lowest BCUT2D eigenvalue weighted by molar-refractivity contribution is 0.157. The second kappa shape index (κ2) is 7.39. The van der Waals surface area contributed by atoms with Gasteiger partial charge in [-0.15, -0.1) is 0 Å². The van der Waals surface area contributed by atoms with Gasteiger partial charge in [0.2, 0.25) is 0 Å². The molecule has 1 N–H and O–H groups in total. The van der Waals surface area contributed by atoms with Crippen LogP contribution in [-0.2, 0) is 13.0 Å². The molecule has 92 valence electrons. The molecule has 0 aromatic carbocycles. The van der Waals surface area contributed by atoms with Gasteiger partial charge in [0, 0.05) is 13.0 Å². The van der Waals surface area contributed by atoms with Crippen molar-refractivity contribution in [1.29, 1.82) is 0 Å². The third-order valence-electron chi connectivity index (χ3n) is 2.80. The zero-order valence-electron chi connectivity index (χ0n) is 10.4. The highest BCUT2D eigenvalue weighted by Gasteiger charge is 2.10. The fourth-order valence-electron chi connectivity index (χ4n) is 1.83. The molecule has 1 aromatic heterocycles. The Bertz CT molecular complexity index is 286. The van der Waals surface area contributed by atoms with Crippen molar-refractivity contribution in [3.8, 4) is 0 Å². The zero-order valence-corrected chi connectivity index (χ0v) is 10.4. The van der Waals surface area contributed by atoms with Gasteiger partial charge < -0.3 is 5.11 Å².